The van der Waals surface area contributed by atoms with Gasteiger partial charge < -0.3 is 9.88 Å². The number of sulfone groups is 1. The van der Waals surface area contributed by atoms with Crippen LogP contribution in [0.4, 0.5) is 5.82 Å². The number of H-pyrrole nitrogens is 1. The van der Waals surface area contributed by atoms with E-state index in [-0.39, 0.29) is 11.8 Å². The molecule has 3 rings (SSSR count). The van der Waals surface area contributed by atoms with E-state index < -0.39 is 9.84 Å². The largest absolute Gasteiger partial charge is 0.356 e. The van der Waals surface area contributed by atoms with Crippen LogP contribution in [0.25, 0.3) is 11.0 Å². The minimum Gasteiger partial charge on any atom is -0.356 e. The molecule has 1 aliphatic carbocycles. The maximum absolute atomic E-state index is 12.3. The van der Waals surface area contributed by atoms with Gasteiger partial charge >= 0.3 is 0 Å². The lowest BCUT2D eigenvalue weighted by atomic mass is 9.81. The molecule has 2 aromatic rings. The van der Waals surface area contributed by atoms with Crippen molar-refractivity contribution in [3.63, 3.8) is 0 Å². The third-order valence-corrected chi connectivity index (χ3v) is 7.21. The fourth-order valence-corrected chi connectivity index (χ4v) is 5.67. The van der Waals surface area contributed by atoms with E-state index in [1.165, 1.54) is 0 Å². The predicted octanol–water partition coefficient (Wildman–Crippen LogP) is 2.63. The zero-order chi connectivity index (χ0) is 17.3. The molecule has 0 spiro atoms. The normalized spacial score (nSPS) is 22.3. The summed E-state index contributed by atoms with van der Waals surface area (Å²) < 4.78 is 24.5. The van der Waals surface area contributed by atoms with Crippen LogP contribution in [0.2, 0.25) is 0 Å². The molecule has 0 unspecified atom stereocenters. The zero-order valence-electron chi connectivity index (χ0n) is 14.6. The summed E-state index contributed by atoms with van der Waals surface area (Å²) in [5, 5.41) is 1.01. The van der Waals surface area contributed by atoms with Gasteiger partial charge in [0.1, 0.15) is 17.8 Å². The van der Waals surface area contributed by atoms with Crippen LogP contribution < -0.4 is 4.90 Å². The summed E-state index contributed by atoms with van der Waals surface area (Å²) in [6.45, 7) is 4.05. The minimum absolute atomic E-state index is 0.247. The van der Waals surface area contributed by atoms with Gasteiger partial charge in [-0.25, -0.2) is 18.4 Å². The van der Waals surface area contributed by atoms with Crippen LogP contribution in [-0.2, 0) is 9.84 Å². The lowest BCUT2D eigenvalue weighted by Gasteiger charge is -2.41. The highest BCUT2D eigenvalue weighted by Gasteiger charge is 2.36. The first-order chi connectivity index (χ1) is 11.4. The Morgan fingerprint density at radius 2 is 2.12 bits per heavy atom. The van der Waals surface area contributed by atoms with Crippen LogP contribution in [0.1, 0.15) is 33.1 Å². The van der Waals surface area contributed by atoms with Gasteiger partial charge in [0.15, 0.2) is 9.84 Å². The lowest BCUT2D eigenvalue weighted by Crippen LogP contribution is -2.45. The first-order valence-electron chi connectivity index (χ1n) is 8.61. The Labute approximate surface area is 143 Å². The Morgan fingerprint density at radius 3 is 2.83 bits per heavy atom. The van der Waals surface area contributed by atoms with Crippen molar-refractivity contribution in [2.24, 2.45) is 11.8 Å². The molecule has 132 valence electrons. The van der Waals surface area contributed by atoms with Crippen molar-refractivity contribution in [1.82, 2.24) is 15.0 Å². The van der Waals surface area contributed by atoms with Crippen LogP contribution in [0.15, 0.2) is 18.6 Å². The van der Waals surface area contributed by atoms with Crippen molar-refractivity contribution in [2.75, 3.05) is 23.5 Å². The molecule has 0 amide bonds. The first kappa shape index (κ1) is 17.2. The Morgan fingerprint density at radius 1 is 1.38 bits per heavy atom. The van der Waals surface area contributed by atoms with Crippen molar-refractivity contribution < 1.29 is 8.42 Å². The van der Waals surface area contributed by atoms with Gasteiger partial charge in [0, 0.05) is 19.3 Å². The quantitative estimate of drug-likeness (QED) is 0.830. The molecular formula is C17H26N4O2S. The summed E-state index contributed by atoms with van der Waals surface area (Å²) in [6.07, 6.45) is 6.16. The molecule has 1 saturated carbocycles. The number of hydrogen-bond donors (Lipinski definition) is 1. The average Bonchev–Trinajstić information content (AvgIpc) is 2.97. The number of fused-ring (bicyclic) bond motifs is 1. The molecule has 1 aliphatic rings. The molecule has 1 fully saturated rings. The molecule has 1 atom stereocenters. The third-order valence-electron chi connectivity index (χ3n) is 5.15. The van der Waals surface area contributed by atoms with Gasteiger partial charge in [-0.2, -0.15) is 0 Å². The van der Waals surface area contributed by atoms with Crippen molar-refractivity contribution in [1.29, 1.82) is 0 Å². The Hall–Kier alpha value is -1.63. The topological polar surface area (TPSA) is 79.0 Å². The number of hydrogen-bond acceptors (Lipinski definition) is 5. The molecule has 24 heavy (non-hydrogen) atoms. The molecule has 0 aromatic carbocycles. The van der Waals surface area contributed by atoms with E-state index in [4.69, 9.17) is 0 Å². The van der Waals surface area contributed by atoms with Crippen molar-refractivity contribution in [3.05, 3.63) is 18.6 Å². The number of anilines is 1. The highest BCUT2D eigenvalue weighted by atomic mass is 32.2. The lowest BCUT2D eigenvalue weighted by molar-refractivity contribution is 0.282. The van der Waals surface area contributed by atoms with Gasteiger partial charge in [0.2, 0.25) is 0 Å². The Bertz CT molecular complexity index is 796. The summed E-state index contributed by atoms with van der Waals surface area (Å²) in [4.78, 5) is 13.9. The van der Waals surface area contributed by atoms with E-state index in [9.17, 15) is 8.42 Å². The van der Waals surface area contributed by atoms with E-state index in [2.05, 4.69) is 19.9 Å². The summed E-state index contributed by atoms with van der Waals surface area (Å²) >= 11 is 0. The molecular weight excluding hydrogens is 324 g/mol. The molecule has 2 aromatic heterocycles. The van der Waals surface area contributed by atoms with Gasteiger partial charge in [0.25, 0.3) is 0 Å². The van der Waals surface area contributed by atoms with E-state index in [0.717, 1.165) is 36.1 Å². The predicted molar refractivity (Wildman–Crippen MR) is 96.9 cm³/mol. The zero-order valence-corrected chi connectivity index (χ0v) is 15.4. The Kier molecular flexibility index (Phi) is 4.80. The summed E-state index contributed by atoms with van der Waals surface area (Å²) in [7, 11) is -0.911. The molecule has 7 heteroatoms. The second kappa shape index (κ2) is 6.70. The second-order valence-corrected chi connectivity index (χ2v) is 9.28. The number of nitrogens with zero attached hydrogens (tertiary/aromatic N) is 3. The minimum atomic E-state index is -2.94. The molecule has 0 aliphatic heterocycles. The Balaban J connectivity index is 1.59. The SMILES string of the molecule is CC[C@H](C)CS(=O)(=O)CC1CC(N(C)c2ncnc3[nH]ccc23)C1. The second-order valence-electron chi connectivity index (χ2n) is 7.13. The van der Waals surface area contributed by atoms with E-state index >= 15 is 0 Å². The fourth-order valence-electron chi connectivity index (χ4n) is 3.44. The van der Waals surface area contributed by atoms with E-state index in [1.54, 1.807) is 6.33 Å². The molecule has 0 bridgehead atoms. The summed E-state index contributed by atoms with van der Waals surface area (Å²) in [6, 6.07) is 2.33. The molecule has 0 saturated heterocycles. The van der Waals surface area contributed by atoms with Crippen LogP contribution in [0.5, 0.6) is 0 Å². The average molecular weight is 350 g/mol. The van der Waals surface area contributed by atoms with Gasteiger partial charge in [0.05, 0.1) is 16.9 Å². The summed E-state index contributed by atoms with van der Waals surface area (Å²) in [5.74, 6) is 2.07. The smallest absolute Gasteiger partial charge is 0.150 e. The van der Waals surface area contributed by atoms with Gasteiger partial charge in [-0.05, 0) is 30.7 Å². The number of rotatable bonds is 7. The standard InChI is InChI=1S/C17H26N4O2S/c1-4-12(2)9-24(22,23)10-13-7-14(8-13)21(3)17-15-5-6-18-16(15)19-11-20-17/h5-6,11-14H,4,7-10H2,1-3H3,(H,18,19,20)/t12-,13?,14?/m0/s1. The summed E-state index contributed by atoms with van der Waals surface area (Å²) in [5.41, 5.74) is 0.832. The van der Waals surface area contributed by atoms with Gasteiger partial charge in [-0.1, -0.05) is 20.3 Å². The number of aromatic amines is 1. The molecule has 1 N–H and O–H groups in total. The van der Waals surface area contributed by atoms with E-state index in [1.807, 2.05) is 33.2 Å². The van der Waals surface area contributed by atoms with Crippen molar-refractivity contribution in [2.45, 2.75) is 39.2 Å². The monoisotopic (exact) mass is 350 g/mol. The highest BCUT2D eigenvalue weighted by molar-refractivity contribution is 7.91. The van der Waals surface area contributed by atoms with Crippen molar-refractivity contribution >= 4 is 26.7 Å². The maximum Gasteiger partial charge on any atom is 0.150 e. The van der Waals surface area contributed by atoms with Crippen LogP contribution in [0.3, 0.4) is 0 Å². The van der Waals surface area contributed by atoms with Gasteiger partial charge in [-0.15, -0.1) is 0 Å². The molecule has 0 radical (unpaired) electrons. The third kappa shape index (κ3) is 3.55. The maximum atomic E-state index is 12.3. The molecule has 6 nitrogen and oxygen atoms in total. The van der Waals surface area contributed by atoms with Crippen LogP contribution in [0, 0.1) is 11.8 Å². The number of nitrogens with one attached hydrogen (secondary N) is 1. The van der Waals surface area contributed by atoms with E-state index in [0.29, 0.717) is 17.5 Å². The number of aromatic nitrogens is 3. The highest BCUT2D eigenvalue weighted by Crippen LogP contribution is 2.36. The van der Waals surface area contributed by atoms with Crippen LogP contribution >= 0.6 is 0 Å². The molecule has 2 heterocycles. The fraction of sp³-hybridized carbons (Fsp3) is 0.647. The first-order valence-corrected chi connectivity index (χ1v) is 10.4. The van der Waals surface area contributed by atoms with Crippen molar-refractivity contribution in [3.8, 4) is 0 Å². The van der Waals surface area contributed by atoms with Crippen LogP contribution in [-0.4, -0.2) is 48.0 Å². The van der Waals surface area contributed by atoms with Gasteiger partial charge in [-0.3, -0.25) is 0 Å².